The van der Waals surface area contributed by atoms with Gasteiger partial charge in [-0.05, 0) is 18.9 Å². The first-order chi connectivity index (χ1) is 8.74. The maximum Gasteiger partial charge on any atom is 0.166 e. The fourth-order valence-electron chi connectivity index (χ4n) is 1.32. The summed E-state index contributed by atoms with van der Waals surface area (Å²) in [5.74, 6) is -0.196. The summed E-state index contributed by atoms with van der Waals surface area (Å²) in [5, 5.41) is 3.21. The van der Waals surface area contributed by atoms with Crippen LogP contribution < -0.4 is 5.32 Å². The highest BCUT2D eigenvalue weighted by molar-refractivity contribution is 6.30. The third kappa shape index (κ3) is 6.14. The van der Waals surface area contributed by atoms with Crippen molar-refractivity contribution in [1.82, 2.24) is 4.98 Å². The van der Waals surface area contributed by atoms with Crippen molar-refractivity contribution >= 4 is 17.4 Å². The molecule has 0 saturated heterocycles. The van der Waals surface area contributed by atoms with E-state index in [0.29, 0.717) is 31.4 Å². The lowest BCUT2D eigenvalue weighted by Gasteiger charge is -2.07. The monoisotopic (exact) mass is 276 g/mol. The average Bonchev–Trinajstić information content (AvgIpc) is 2.35. The summed E-state index contributed by atoms with van der Waals surface area (Å²) in [6.07, 6.45) is 3.21. The third-order valence-electron chi connectivity index (χ3n) is 2.25. The number of methoxy groups -OCH3 is 1. The molecule has 102 valence electrons. The number of unbranched alkanes of at least 4 members (excludes halogenated alkanes) is 1. The van der Waals surface area contributed by atoms with Gasteiger partial charge in [-0.25, -0.2) is 9.37 Å². The second-order valence-electron chi connectivity index (χ2n) is 3.72. The van der Waals surface area contributed by atoms with E-state index in [4.69, 9.17) is 21.1 Å². The number of aromatic nitrogens is 1. The second kappa shape index (κ2) is 9.08. The van der Waals surface area contributed by atoms with Gasteiger partial charge in [0.25, 0.3) is 0 Å². The molecule has 0 aromatic carbocycles. The Morgan fingerprint density at radius 3 is 2.89 bits per heavy atom. The zero-order valence-corrected chi connectivity index (χ0v) is 11.2. The van der Waals surface area contributed by atoms with Crippen LogP contribution in [0.4, 0.5) is 10.2 Å². The smallest absolute Gasteiger partial charge is 0.166 e. The molecular weight excluding hydrogens is 259 g/mol. The van der Waals surface area contributed by atoms with Gasteiger partial charge in [0.15, 0.2) is 11.6 Å². The summed E-state index contributed by atoms with van der Waals surface area (Å²) in [4.78, 5) is 3.87. The van der Waals surface area contributed by atoms with Crippen LogP contribution in [0.2, 0.25) is 5.02 Å². The lowest BCUT2D eigenvalue weighted by Crippen LogP contribution is -2.08. The number of hydrogen-bond acceptors (Lipinski definition) is 4. The fourth-order valence-corrected chi connectivity index (χ4v) is 1.47. The molecule has 1 heterocycles. The number of halogens is 2. The van der Waals surface area contributed by atoms with Crippen LogP contribution in [-0.4, -0.2) is 38.5 Å². The predicted octanol–water partition coefficient (Wildman–Crippen LogP) is 2.73. The van der Waals surface area contributed by atoms with E-state index >= 15 is 0 Å². The van der Waals surface area contributed by atoms with Crippen molar-refractivity contribution in [2.45, 2.75) is 12.8 Å². The molecular formula is C12H18ClFN2O2. The number of pyridine rings is 1. The molecule has 0 radical (unpaired) electrons. The van der Waals surface area contributed by atoms with E-state index in [1.807, 2.05) is 0 Å². The van der Waals surface area contributed by atoms with Crippen molar-refractivity contribution in [2.75, 3.05) is 38.8 Å². The Balaban J connectivity index is 2.07. The molecule has 0 aliphatic carbocycles. The van der Waals surface area contributed by atoms with Crippen LogP contribution >= 0.6 is 11.6 Å². The van der Waals surface area contributed by atoms with Gasteiger partial charge in [0.2, 0.25) is 0 Å². The average molecular weight is 277 g/mol. The van der Waals surface area contributed by atoms with Gasteiger partial charge in [0, 0.05) is 26.5 Å². The van der Waals surface area contributed by atoms with Gasteiger partial charge in [-0.3, -0.25) is 0 Å². The summed E-state index contributed by atoms with van der Waals surface area (Å²) < 4.78 is 23.5. The quantitative estimate of drug-likeness (QED) is 0.705. The minimum Gasteiger partial charge on any atom is -0.382 e. The maximum absolute atomic E-state index is 13.3. The van der Waals surface area contributed by atoms with Gasteiger partial charge in [-0.15, -0.1) is 0 Å². The second-order valence-corrected chi connectivity index (χ2v) is 4.16. The highest BCUT2D eigenvalue weighted by Gasteiger charge is 2.03. The Kier molecular flexibility index (Phi) is 7.64. The molecule has 0 atom stereocenters. The summed E-state index contributed by atoms with van der Waals surface area (Å²) in [6, 6.07) is 1.24. The van der Waals surface area contributed by atoms with Gasteiger partial charge in [-0.2, -0.15) is 0 Å². The Morgan fingerprint density at radius 1 is 1.33 bits per heavy atom. The molecule has 1 aromatic rings. The molecule has 0 aliphatic heterocycles. The van der Waals surface area contributed by atoms with Crippen LogP contribution in [0.5, 0.6) is 0 Å². The zero-order chi connectivity index (χ0) is 13.2. The first-order valence-electron chi connectivity index (χ1n) is 5.85. The molecule has 0 saturated carbocycles. The van der Waals surface area contributed by atoms with Crippen molar-refractivity contribution in [2.24, 2.45) is 0 Å². The van der Waals surface area contributed by atoms with Crippen LogP contribution in [0.15, 0.2) is 12.3 Å². The molecule has 1 N–H and O–H groups in total. The van der Waals surface area contributed by atoms with Crippen LogP contribution in [0.25, 0.3) is 0 Å². The van der Waals surface area contributed by atoms with E-state index in [0.717, 1.165) is 12.8 Å². The number of rotatable bonds is 9. The minimum absolute atomic E-state index is 0.236. The van der Waals surface area contributed by atoms with Crippen LogP contribution in [0.1, 0.15) is 12.8 Å². The molecule has 0 fully saturated rings. The van der Waals surface area contributed by atoms with E-state index < -0.39 is 5.82 Å². The number of anilines is 1. The molecule has 0 amide bonds. The van der Waals surface area contributed by atoms with E-state index in [-0.39, 0.29) is 5.82 Å². The number of nitrogens with one attached hydrogen (secondary N) is 1. The van der Waals surface area contributed by atoms with E-state index in [1.54, 1.807) is 7.11 Å². The van der Waals surface area contributed by atoms with E-state index in [1.165, 1.54) is 12.3 Å². The highest BCUT2D eigenvalue weighted by atomic mass is 35.5. The lowest BCUT2D eigenvalue weighted by molar-refractivity contribution is 0.0691. The van der Waals surface area contributed by atoms with Crippen LogP contribution in [0, 0.1) is 5.82 Å². The van der Waals surface area contributed by atoms with Crippen LogP contribution in [0.3, 0.4) is 0 Å². The molecule has 1 aromatic heterocycles. The predicted molar refractivity (Wildman–Crippen MR) is 69.6 cm³/mol. The molecule has 1 rings (SSSR count). The molecule has 4 nitrogen and oxygen atoms in total. The van der Waals surface area contributed by atoms with Gasteiger partial charge in [0.05, 0.1) is 18.2 Å². The Bertz CT molecular complexity index is 353. The largest absolute Gasteiger partial charge is 0.382 e. The Labute approximate surface area is 111 Å². The molecule has 0 unspecified atom stereocenters. The zero-order valence-electron chi connectivity index (χ0n) is 10.4. The van der Waals surface area contributed by atoms with Gasteiger partial charge >= 0.3 is 0 Å². The van der Waals surface area contributed by atoms with Crippen molar-refractivity contribution < 1.29 is 13.9 Å². The van der Waals surface area contributed by atoms with Crippen molar-refractivity contribution in [1.29, 1.82) is 0 Å². The minimum atomic E-state index is -0.432. The Morgan fingerprint density at radius 2 is 2.17 bits per heavy atom. The first kappa shape index (κ1) is 15.1. The maximum atomic E-state index is 13.3. The summed E-state index contributed by atoms with van der Waals surface area (Å²) in [7, 11) is 1.64. The number of ether oxygens (including phenoxy) is 2. The fraction of sp³-hybridized carbons (Fsp3) is 0.583. The van der Waals surface area contributed by atoms with Gasteiger partial charge in [0.1, 0.15) is 0 Å². The summed E-state index contributed by atoms with van der Waals surface area (Å²) in [5.41, 5.74) is 0. The standard InChI is InChI=1S/C12H18ClFN2O2/c1-17-6-7-18-5-3-2-4-15-12-11(14)8-10(13)9-16-12/h8-9H,2-7H2,1H3,(H,15,16). The van der Waals surface area contributed by atoms with Gasteiger partial charge < -0.3 is 14.8 Å². The lowest BCUT2D eigenvalue weighted by atomic mass is 10.3. The first-order valence-corrected chi connectivity index (χ1v) is 6.23. The third-order valence-corrected chi connectivity index (χ3v) is 2.45. The van der Waals surface area contributed by atoms with E-state index in [2.05, 4.69) is 10.3 Å². The topological polar surface area (TPSA) is 43.4 Å². The van der Waals surface area contributed by atoms with Crippen molar-refractivity contribution in [3.63, 3.8) is 0 Å². The molecule has 0 aliphatic rings. The van der Waals surface area contributed by atoms with Crippen LogP contribution in [-0.2, 0) is 9.47 Å². The normalized spacial score (nSPS) is 10.6. The highest BCUT2D eigenvalue weighted by Crippen LogP contribution is 2.15. The summed E-state index contributed by atoms with van der Waals surface area (Å²) in [6.45, 7) is 2.55. The molecule has 0 bridgehead atoms. The van der Waals surface area contributed by atoms with Crippen molar-refractivity contribution in [3.8, 4) is 0 Å². The molecule has 0 spiro atoms. The number of nitrogens with zero attached hydrogens (tertiary/aromatic N) is 1. The molecule has 6 heteroatoms. The Hall–Kier alpha value is -0.910. The summed E-state index contributed by atoms with van der Waals surface area (Å²) >= 11 is 5.60. The molecule has 18 heavy (non-hydrogen) atoms. The van der Waals surface area contributed by atoms with E-state index in [9.17, 15) is 4.39 Å². The number of hydrogen-bond donors (Lipinski definition) is 1. The SMILES string of the molecule is COCCOCCCCNc1ncc(Cl)cc1F. The van der Waals surface area contributed by atoms with Gasteiger partial charge in [-0.1, -0.05) is 11.6 Å². The van der Waals surface area contributed by atoms with Crippen molar-refractivity contribution in [3.05, 3.63) is 23.1 Å².